The molecular weight excluding hydrogens is 540 g/mol. The molecule has 0 bridgehead atoms. The molecule has 6 rings (SSSR count). The van der Waals surface area contributed by atoms with Crippen molar-refractivity contribution in [2.75, 3.05) is 45.8 Å². The summed E-state index contributed by atoms with van der Waals surface area (Å²) < 4.78 is 27.4. The molecule has 2 heterocycles. The van der Waals surface area contributed by atoms with Crippen LogP contribution < -0.4 is 0 Å². The van der Waals surface area contributed by atoms with Crippen LogP contribution >= 0.6 is 11.6 Å². The standard InChI is InChI=1S/C34H38ClF2N3O/c35-29-10-8-28(9-11-29)34(16-2-17-34)33(41)40-18-1-3-25(24-40)23-38-19-21-39(22-20-38)32(26-4-12-30(36)13-5-26)27-6-14-31(37)15-7-27/h4-15,25,32H,1-3,16-24H2. The van der Waals surface area contributed by atoms with Crippen LogP contribution in [0.1, 0.15) is 54.8 Å². The number of amides is 1. The molecule has 0 spiro atoms. The maximum atomic E-state index is 13.9. The molecule has 3 aromatic rings. The summed E-state index contributed by atoms with van der Waals surface area (Å²) in [6, 6.07) is 21.2. The maximum Gasteiger partial charge on any atom is 0.233 e. The lowest BCUT2D eigenvalue weighted by Gasteiger charge is -2.47. The fraction of sp³-hybridized carbons (Fsp3) is 0.441. The van der Waals surface area contributed by atoms with E-state index >= 15 is 0 Å². The van der Waals surface area contributed by atoms with Gasteiger partial charge in [-0.3, -0.25) is 9.69 Å². The summed E-state index contributed by atoms with van der Waals surface area (Å²) >= 11 is 6.13. The maximum absolute atomic E-state index is 13.9. The van der Waals surface area contributed by atoms with Crippen molar-refractivity contribution in [1.29, 1.82) is 0 Å². The van der Waals surface area contributed by atoms with E-state index in [1.165, 1.54) is 24.3 Å². The van der Waals surface area contributed by atoms with E-state index in [9.17, 15) is 13.6 Å². The number of rotatable bonds is 7. The number of carbonyl (C=O) groups excluding carboxylic acids is 1. The molecule has 1 atom stereocenters. The van der Waals surface area contributed by atoms with Gasteiger partial charge in [0, 0.05) is 50.8 Å². The van der Waals surface area contributed by atoms with Crippen molar-refractivity contribution >= 4 is 17.5 Å². The van der Waals surface area contributed by atoms with Crippen LogP contribution in [0.5, 0.6) is 0 Å². The van der Waals surface area contributed by atoms with Gasteiger partial charge in [0.05, 0.1) is 11.5 Å². The number of carbonyl (C=O) groups is 1. The van der Waals surface area contributed by atoms with Gasteiger partial charge in [-0.15, -0.1) is 0 Å². The van der Waals surface area contributed by atoms with E-state index in [-0.39, 0.29) is 23.1 Å². The normalized spacial score (nSPS) is 21.6. The topological polar surface area (TPSA) is 26.8 Å². The fourth-order valence-corrected chi connectivity index (χ4v) is 7.23. The number of hydrogen-bond acceptors (Lipinski definition) is 3. The molecule has 3 aromatic carbocycles. The quantitative estimate of drug-likeness (QED) is 0.313. The summed E-state index contributed by atoms with van der Waals surface area (Å²) in [5, 5.41) is 0.704. The van der Waals surface area contributed by atoms with Crippen molar-refractivity contribution < 1.29 is 13.6 Å². The third-order valence-corrected chi connectivity index (χ3v) is 9.73. The van der Waals surface area contributed by atoms with Crippen LogP contribution in [0.4, 0.5) is 8.78 Å². The first-order valence-electron chi connectivity index (χ1n) is 14.9. The van der Waals surface area contributed by atoms with Crippen molar-refractivity contribution in [3.63, 3.8) is 0 Å². The lowest BCUT2D eigenvalue weighted by atomic mass is 9.63. The second-order valence-corrected chi connectivity index (χ2v) is 12.5. The fourth-order valence-electron chi connectivity index (χ4n) is 7.10. The van der Waals surface area contributed by atoms with Crippen LogP contribution in [0.15, 0.2) is 72.8 Å². The molecule has 1 amide bonds. The highest BCUT2D eigenvalue weighted by Gasteiger charge is 2.48. The summed E-state index contributed by atoms with van der Waals surface area (Å²) in [6.07, 6.45) is 5.11. The number of benzene rings is 3. The van der Waals surface area contributed by atoms with Gasteiger partial charge in [-0.1, -0.05) is 54.4 Å². The third kappa shape index (κ3) is 6.06. The summed E-state index contributed by atoms with van der Waals surface area (Å²) in [5.41, 5.74) is 2.75. The smallest absolute Gasteiger partial charge is 0.233 e. The minimum atomic E-state index is -0.381. The highest BCUT2D eigenvalue weighted by Crippen LogP contribution is 2.46. The van der Waals surface area contributed by atoms with Gasteiger partial charge >= 0.3 is 0 Å². The Hall–Kier alpha value is -2.80. The lowest BCUT2D eigenvalue weighted by Crippen LogP contribution is -2.55. The number of halogens is 3. The Balaban J connectivity index is 1.08. The van der Waals surface area contributed by atoms with Crippen molar-refractivity contribution in [3.8, 4) is 0 Å². The van der Waals surface area contributed by atoms with Gasteiger partial charge in [0.1, 0.15) is 11.6 Å². The summed E-state index contributed by atoms with van der Waals surface area (Å²) in [4.78, 5) is 21.0. The lowest BCUT2D eigenvalue weighted by molar-refractivity contribution is -0.143. The zero-order valence-electron chi connectivity index (χ0n) is 23.5. The first-order chi connectivity index (χ1) is 19.9. The highest BCUT2D eigenvalue weighted by molar-refractivity contribution is 6.30. The summed E-state index contributed by atoms with van der Waals surface area (Å²) in [5.74, 6) is 0.245. The van der Waals surface area contributed by atoms with E-state index in [2.05, 4.69) is 14.7 Å². The SMILES string of the molecule is O=C(N1CCCC(CN2CCN(C(c3ccc(F)cc3)c3ccc(F)cc3)CC2)C1)C1(c2ccc(Cl)cc2)CCC1. The van der Waals surface area contributed by atoms with Gasteiger partial charge in [-0.2, -0.15) is 0 Å². The Morgan fingerprint density at radius 1 is 0.805 bits per heavy atom. The molecule has 4 nitrogen and oxygen atoms in total. The largest absolute Gasteiger partial charge is 0.342 e. The summed E-state index contributed by atoms with van der Waals surface area (Å²) in [6.45, 7) is 6.25. The first-order valence-corrected chi connectivity index (χ1v) is 15.3. The van der Waals surface area contributed by atoms with E-state index in [4.69, 9.17) is 11.6 Å². The second kappa shape index (κ2) is 12.2. The number of hydrogen-bond donors (Lipinski definition) is 0. The van der Waals surface area contributed by atoms with Crippen LogP contribution in [-0.4, -0.2) is 66.4 Å². The summed E-state index contributed by atoms with van der Waals surface area (Å²) in [7, 11) is 0. The molecule has 3 fully saturated rings. The minimum absolute atomic E-state index is 0.0484. The Labute approximate surface area is 246 Å². The van der Waals surface area contributed by atoms with Crippen LogP contribution in [0.2, 0.25) is 5.02 Å². The monoisotopic (exact) mass is 577 g/mol. The van der Waals surface area contributed by atoms with Crippen molar-refractivity contribution in [1.82, 2.24) is 14.7 Å². The van der Waals surface area contributed by atoms with E-state index in [1.807, 2.05) is 48.5 Å². The van der Waals surface area contributed by atoms with Gasteiger partial charge < -0.3 is 9.80 Å². The molecule has 3 aliphatic rings. The number of nitrogens with zero attached hydrogens (tertiary/aromatic N) is 3. The molecule has 41 heavy (non-hydrogen) atoms. The molecule has 7 heteroatoms. The van der Waals surface area contributed by atoms with Crippen LogP contribution in [0.25, 0.3) is 0 Å². The van der Waals surface area contributed by atoms with Gasteiger partial charge in [0.15, 0.2) is 0 Å². The molecule has 2 aliphatic heterocycles. The molecule has 0 N–H and O–H groups in total. The Kier molecular flexibility index (Phi) is 8.43. The van der Waals surface area contributed by atoms with Gasteiger partial charge in [0.2, 0.25) is 5.91 Å². The first kappa shape index (κ1) is 28.3. The highest BCUT2D eigenvalue weighted by atomic mass is 35.5. The Morgan fingerprint density at radius 2 is 1.39 bits per heavy atom. The zero-order valence-corrected chi connectivity index (χ0v) is 24.2. The van der Waals surface area contributed by atoms with Gasteiger partial charge in [-0.25, -0.2) is 8.78 Å². The molecule has 1 saturated carbocycles. The van der Waals surface area contributed by atoms with Crippen molar-refractivity contribution in [3.05, 3.63) is 106 Å². The van der Waals surface area contributed by atoms with E-state index < -0.39 is 0 Å². The van der Waals surface area contributed by atoms with Crippen LogP contribution in [0.3, 0.4) is 0 Å². The molecular formula is C34H38ClF2N3O. The predicted octanol–water partition coefficient (Wildman–Crippen LogP) is 6.69. The Morgan fingerprint density at radius 3 is 1.93 bits per heavy atom. The Bertz CT molecular complexity index is 1270. The molecule has 0 aromatic heterocycles. The predicted molar refractivity (Wildman–Crippen MR) is 159 cm³/mol. The number of piperidine rings is 1. The zero-order chi connectivity index (χ0) is 28.4. The van der Waals surface area contributed by atoms with Gasteiger partial charge in [0.25, 0.3) is 0 Å². The number of likely N-dealkylation sites (tertiary alicyclic amines) is 1. The number of piperazine rings is 1. The van der Waals surface area contributed by atoms with Crippen LogP contribution in [0, 0.1) is 17.6 Å². The van der Waals surface area contributed by atoms with E-state index in [0.717, 1.165) is 94.6 Å². The van der Waals surface area contributed by atoms with Gasteiger partial charge in [-0.05, 0) is 84.7 Å². The average Bonchev–Trinajstić information content (AvgIpc) is 2.96. The average molecular weight is 578 g/mol. The third-order valence-electron chi connectivity index (χ3n) is 9.48. The minimum Gasteiger partial charge on any atom is -0.342 e. The van der Waals surface area contributed by atoms with Crippen molar-refractivity contribution in [2.45, 2.75) is 43.6 Å². The molecule has 2 saturated heterocycles. The molecule has 216 valence electrons. The molecule has 1 aliphatic carbocycles. The van der Waals surface area contributed by atoms with Crippen molar-refractivity contribution in [2.24, 2.45) is 5.92 Å². The second-order valence-electron chi connectivity index (χ2n) is 12.0. The van der Waals surface area contributed by atoms with E-state index in [0.29, 0.717) is 16.8 Å². The molecule has 1 unspecified atom stereocenters. The molecule has 0 radical (unpaired) electrons. The van der Waals surface area contributed by atoms with Crippen LogP contribution in [-0.2, 0) is 10.2 Å². The van der Waals surface area contributed by atoms with E-state index in [1.54, 1.807) is 0 Å².